The van der Waals surface area contributed by atoms with Crippen LogP contribution in [0.15, 0.2) is 54.9 Å². The van der Waals surface area contributed by atoms with Crippen LogP contribution in [0.25, 0.3) is 0 Å². The molecule has 4 rings (SSSR count). The van der Waals surface area contributed by atoms with Crippen molar-refractivity contribution in [3.63, 3.8) is 0 Å². The number of amides is 1. The van der Waals surface area contributed by atoms with Gasteiger partial charge in [-0.2, -0.15) is 0 Å². The van der Waals surface area contributed by atoms with Crippen LogP contribution in [0.3, 0.4) is 0 Å². The minimum atomic E-state index is -0.317. The number of benzene rings is 2. The lowest BCUT2D eigenvalue weighted by molar-refractivity contribution is 0.102. The van der Waals surface area contributed by atoms with Crippen LogP contribution < -0.4 is 19.7 Å². The molecule has 3 aromatic rings. The third-order valence-electron chi connectivity index (χ3n) is 4.91. The molecule has 0 unspecified atom stereocenters. The van der Waals surface area contributed by atoms with Crippen LogP contribution in [0.4, 0.5) is 17.3 Å². The van der Waals surface area contributed by atoms with Gasteiger partial charge in [0.25, 0.3) is 5.91 Å². The van der Waals surface area contributed by atoms with Gasteiger partial charge in [-0.15, -0.1) is 0 Å². The number of ether oxygens (including phenoxy) is 2. The van der Waals surface area contributed by atoms with E-state index in [-0.39, 0.29) is 5.91 Å². The Balaban J connectivity index is 1.54. The number of fused-ring (bicyclic) bond motifs is 1. The molecule has 0 bridgehead atoms. The molecule has 2 aromatic carbocycles. The van der Waals surface area contributed by atoms with Gasteiger partial charge in [0.2, 0.25) is 5.95 Å². The van der Waals surface area contributed by atoms with Gasteiger partial charge in [0.1, 0.15) is 11.5 Å². The Labute approximate surface area is 169 Å². The monoisotopic (exact) mass is 390 g/mol. The van der Waals surface area contributed by atoms with Gasteiger partial charge in [-0.3, -0.25) is 4.79 Å². The van der Waals surface area contributed by atoms with Crippen LogP contribution in [0.1, 0.15) is 22.3 Å². The first-order valence-corrected chi connectivity index (χ1v) is 9.40. The highest BCUT2D eigenvalue weighted by Crippen LogP contribution is 2.31. The molecule has 29 heavy (non-hydrogen) atoms. The van der Waals surface area contributed by atoms with Gasteiger partial charge in [0.15, 0.2) is 0 Å². The van der Waals surface area contributed by atoms with Gasteiger partial charge in [-0.1, -0.05) is 18.2 Å². The van der Waals surface area contributed by atoms with Crippen LogP contribution in [-0.4, -0.2) is 36.6 Å². The highest BCUT2D eigenvalue weighted by atomic mass is 16.5. The molecule has 0 saturated carbocycles. The van der Waals surface area contributed by atoms with Gasteiger partial charge in [0.05, 0.1) is 25.5 Å². The number of aryl methyl sites for hydroxylation is 1. The van der Waals surface area contributed by atoms with E-state index in [1.54, 1.807) is 44.8 Å². The van der Waals surface area contributed by atoms with E-state index in [4.69, 9.17) is 9.47 Å². The maximum absolute atomic E-state index is 12.7. The van der Waals surface area contributed by atoms with Crippen LogP contribution in [-0.2, 0) is 6.42 Å². The molecular formula is C22H22N4O3. The van der Waals surface area contributed by atoms with Gasteiger partial charge < -0.3 is 19.7 Å². The van der Waals surface area contributed by atoms with E-state index < -0.39 is 0 Å². The molecular weight excluding hydrogens is 368 g/mol. The SMILES string of the molecule is COc1ccc(OC)c(NC(=O)c2cnc(N3CCCc4ccccc43)nc2)c1. The summed E-state index contributed by atoms with van der Waals surface area (Å²) in [6, 6.07) is 13.5. The topological polar surface area (TPSA) is 76.6 Å². The van der Waals surface area contributed by atoms with Crippen molar-refractivity contribution in [2.24, 2.45) is 0 Å². The third kappa shape index (κ3) is 3.85. The zero-order valence-electron chi connectivity index (χ0n) is 16.4. The maximum Gasteiger partial charge on any atom is 0.258 e. The largest absolute Gasteiger partial charge is 0.497 e. The number of aromatic nitrogens is 2. The molecule has 148 valence electrons. The molecule has 0 saturated heterocycles. The van der Waals surface area contributed by atoms with Gasteiger partial charge in [-0.05, 0) is 36.6 Å². The summed E-state index contributed by atoms with van der Waals surface area (Å²) in [6.45, 7) is 0.851. The van der Waals surface area contributed by atoms with E-state index in [9.17, 15) is 4.79 Å². The van der Waals surface area contributed by atoms with Crippen molar-refractivity contribution in [2.75, 3.05) is 31.0 Å². The van der Waals surface area contributed by atoms with E-state index >= 15 is 0 Å². The average molecular weight is 390 g/mol. The summed E-state index contributed by atoms with van der Waals surface area (Å²) in [5.41, 5.74) is 3.29. The highest BCUT2D eigenvalue weighted by Gasteiger charge is 2.20. The fraction of sp³-hybridized carbons (Fsp3) is 0.227. The number of methoxy groups -OCH3 is 2. The van der Waals surface area contributed by atoms with E-state index in [1.807, 2.05) is 12.1 Å². The summed E-state index contributed by atoms with van der Waals surface area (Å²) in [4.78, 5) is 23.6. The number of nitrogens with zero attached hydrogens (tertiary/aromatic N) is 3. The highest BCUT2D eigenvalue weighted by molar-refractivity contribution is 6.04. The van der Waals surface area contributed by atoms with Crippen molar-refractivity contribution >= 4 is 23.2 Å². The van der Waals surface area contributed by atoms with E-state index in [2.05, 4.69) is 32.3 Å². The number of para-hydroxylation sites is 1. The molecule has 0 aliphatic carbocycles. The average Bonchev–Trinajstić information content (AvgIpc) is 2.78. The predicted molar refractivity (Wildman–Crippen MR) is 111 cm³/mol. The summed E-state index contributed by atoms with van der Waals surface area (Å²) in [5.74, 6) is 1.44. The number of carbonyl (C=O) groups is 1. The Bertz CT molecular complexity index is 1020. The Kier molecular flexibility index (Phi) is 5.29. The summed E-state index contributed by atoms with van der Waals surface area (Å²) in [7, 11) is 3.12. The van der Waals surface area contributed by atoms with Crippen molar-refractivity contribution in [1.82, 2.24) is 9.97 Å². The molecule has 7 nitrogen and oxygen atoms in total. The molecule has 1 N–H and O–H groups in total. The van der Waals surface area contributed by atoms with Crippen LogP contribution >= 0.6 is 0 Å². The predicted octanol–water partition coefficient (Wildman–Crippen LogP) is 3.83. The number of nitrogens with one attached hydrogen (secondary N) is 1. The number of anilines is 3. The molecule has 1 aliphatic rings. The summed E-state index contributed by atoms with van der Waals surface area (Å²) in [6.07, 6.45) is 5.18. The zero-order chi connectivity index (χ0) is 20.2. The van der Waals surface area contributed by atoms with Crippen molar-refractivity contribution in [1.29, 1.82) is 0 Å². The Morgan fingerprint density at radius 1 is 1.07 bits per heavy atom. The normalized spacial score (nSPS) is 12.8. The Morgan fingerprint density at radius 2 is 1.86 bits per heavy atom. The second kappa shape index (κ2) is 8.18. The third-order valence-corrected chi connectivity index (χ3v) is 4.91. The smallest absolute Gasteiger partial charge is 0.258 e. The lowest BCUT2D eigenvalue weighted by Crippen LogP contribution is -2.26. The number of carbonyl (C=O) groups excluding carboxylic acids is 1. The van der Waals surface area contributed by atoms with Gasteiger partial charge in [-0.25, -0.2) is 9.97 Å². The van der Waals surface area contributed by atoms with Crippen molar-refractivity contribution < 1.29 is 14.3 Å². The molecule has 2 heterocycles. The first-order valence-electron chi connectivity index (χ1n) is 9.40. The summed E-state index contributed by atoms with van der Waals surface area (Å²) >= 11 is 0. The first-order chi connectivity index (χ1) is 14.2. The molecule has 7 heteroatoms. The quantitative estimate of drug-likeness (QED) is 0.714. The van der Waals surface area contributed by atoms with Crippen molar-refractivity contribution in [2.45, 2.75) is 12.8 Å². The number of hydrogen-bond acceptors (Lipinski definition) is 6. The minimum Gasteiger partial charge on any atom is -0.497 e. The van der Waals surface area contributed by atoms with Crippen LogP contribution in [0.5, 0.6) is 11.5 Å². The maximum atomic E-state index is 12.7. The van der Waals surface area contributed by atoms with Crippen LogP contribution in [0.2, 0.25) is 0 Å². The second-order valence-electron chi connectivity index (χ2n) is 6.68. The van der Waals surface area contributed by atoms with Crippen molar-refractivity contribution in [3.05, 3.63) is 66.0 Å². The fourth-order valence-corrected chi connectivity index (χ4v) is 3.43. The Morgan fingerprint density at radius 3 is 2.62 bits per heavy atom. The minimum absolute atomic E-state index is 0.317. The number of rotatable bonds is 5. The second-order valence-corrected chi connectivity index (χ2v) is 6.68. The fourth-order valence-electron chi connectivity index (χ4n) is 3.43. The molecule has 1 aromatic heterocycles. The molecule has 1 aliphatic heterocycles. The van der Waals surface area contributed by atoms with E-state index in [0.29, 0.717) is 28.7 Å². The zero-order valence-corrected chi connectivity index (χ0v) is 16.4. The lowest BCUT2D eigenvalue weighted by atomic mass is 10.0. The first kappa shape index (κ1) is 18.7. The molecule has 0 spiro atoms. The molecule has 0 radical (unpaired) electrons. The van der Waals surface area contributed by atoms with Gasteiger partial charge >= 0.3 is 0 Å². The van der Waals surface area contributed by atoms with Gasteiger partial charge in [0, 0.05) is 30.7 Å². The number of hydrogen-bond donors (Lipinski definition) is 1. The summed E-state index contributed by atoms with van der Waals surface area (Å²) in [5, 5.41) is 2.83. The molecule has 1 amide bonds. The standard InChI is InChI=1S/C22H22N4O3/c1-28-17-9-10-20(29-2)18(12-17)25-21(27)16-13-23-22(24-14-16)26-11-5-7-15-6-3-4-8-19(15)26/h3-4,6,8-10,12-14H,5,7,11H2,1-2H3,(H,25,27). The van der Waals surface area contributed by atoms with E-state index in [1.165, 1.54) is 5.56 Å². The molecule has 0 atom stereocenters. The lowest BCUT2D eigenvalue weighted by Gasteiger charge is -2.29. The Hall–Kier alpha value is -3.61. The summed E-state index contributed by atoms with van der Waals surface area (Å²) < 4.78 is 10.5. The van der Waals surface area contributed by atoms with E-state index in [0.717, 1.165) is 25.1 Å². The molecule has 0 fully saturated rings. The van der Waals surface area contributed by atoms with Crippen LogP contribution in [0, 0.1) is 0 Å². The van der Waals surface area contributed by atoms with Crippen molar-refractivity contribution in [3.8, 4) is 11.5 Å².